The van der Waals surface area contributed by atoms with Crippen LogP contribution in [0.1, 0.15) is 18.2 Å². The number of aromatic nitrogens is 1. The van der Waals surface area contributed by atoms with Gasteiger partial charge in [0.15, 0.2) is 5.96 Å². The average molecular weight is 347 g/mol. The second kappa shape index (κ2) is 9.78. The third-order valence-electron chi connectivity index (χ3n) is 3.40. The zero-order chi connectivity index (χ0) is 17.2. The summed E-state index contributed by atoms with van der Waals surface area (Å²) in [6, 6.07) is 11.5. The molecule has 1 aromatic heterocycles. The molecule has 0 saturated heterocycles. The van der Waals surface area contributed by atoms with Gasteiger partial charge in [-0.3, -0.25) is 9.98 Å². The third kappa shape index (κ3) is 6.08. The van der Waals surface area contributed by atoms with Crippen LogP contribution in [0.5, 0.6) is 5.75 Å². The molecular formula is C18H23ClN4O. The first-order valence-electron chi connectivity index (χ1n) is 8.04. The van der Waals surface area contributed by atoms with Crippen LogP contribution in [0.15, 0.2) is 47.6 Å². The van der Waals surface area contributed by atoms with Crippen molar-refractivity contribution in [3.05, 3.63) is 58.9 Å². The number of hydrogen-bond acceptors (Lipinski definition) is 3. The first-order valence-corrected chi connectivity index (χ1v) is 8.41. The van der Waals surface area contributed by atoms with Gasteiger partial charge in [-0.25, -0.2) is 0 Å². The van der Waals surface area contributed by atoms with Crippen molar-refractivity contribution in [2.24, 2.45) is 10.7 Å². The molecule has 0 fully saturated rings. The van der Waals surface area contributed by atoms with Gasteiger partial charge in [0.05, 0.1) is 6.61 Å². The van der Waals surface area contributed by atoms with Crippen molar-refractivity contribution in [2.75, 3.05) is 19.7 Å². The molecule has 2 rings (SSSR count). The largest absolute Gasteiger partial charge is 0.494 e. The van der Waals surface area contributed by atoms with E-state index in [1.807, 2.05) is 43.3 Å². The summed E-state index contributed by atoms with van der Waals surface area (Å²) < 4.78 is 5.61. The lowest BCUT2D eigenvalue weighted by Gasteiger charge is -2.11. The van der Waals surface area contributed by atoms with E-state index in [4.69, 9.17) is 22.1 Å². The van der Waals surface area contributed by atoms with E-state index in [1.165, 1.54) is 0 Å². The van der Waals surface area contributed by atoms with Crippen LogP contribution in [0.3, 0.4) is 0 Å². The fraction of sp³-hybridized carbons (Fsp3) is 0.333. The number of guanidine groups is 1. The fourth-order valence-corrected chi connectivity index (χ4v) is 2.45. The number of nitrogens with two attached hydrogens (primary N) is 1. The van der Waals surface area contributed by atoms with E-state index in [1.54, 1.807) is 6.20 Å². The quantitative estimate of drug-likeness (QED) is 0.569. The molecule has 1 aromatic carbocycles. The van der Waals surface area contributed by atoms with Crippen LogP contribution in [0.4, 0.5) is 0 Å². The Hall–Kier alpha value is -2.27. The van der Waals surface area contributed by atoms with Crippen molar-refractivity contribution < 1.29 is 4.74 Å². The highest BCUT2D eigenvalue weighted by molar-refractivity contribution is 6.30. The molecule has 1 heterocycles. The highest BCUT2D eigenvalue weighted by Crippen LogP contribution is 2.23. The summed E-state index contributed by atoms with van der Waals surface area (Å²) in [7, 11) is 0. The number of benzene rings is 1. The number of ether oxygens (including phenoxy) is 1. The third-order valence-corrected chi connectivity index (χ3v) is 3.63. The monoisotopic (exact) mass is 346 g/mol. The Morgan fingerprint density at radius 3 is 2.92 bits per heavy atom. The first kappa shape index (κ1) is 18.1. The van der Waals surface area contributed by atoms with Crippen molar-refractivity contribution in [1.82, 2.24) is 10.3 Å². The maximum absolute atomic E-state index is 6.05. The van der Waals surface area contributed by atoms with Crippen LogP contribution >= 0.6 is 11.6 Å². The molecule has 2 aromatic rings. The van der Waals surface area contributed by atoms with Crippen LogP contribution in [0.2, 0.25) is 5.02 Å². The molecule has 0 aliphatic carbocycles. The number of rotatable bonds is 8. The summed E-state index contributed by atoms with van der Waals surface area (Å²) in [4.78, 5) is 8.57. The van der Waals surface area contributed by atoms with Gasteiger partial charge in [0, 0.05) is 36.4 Å². The molecule has 3 N–H and O–H groups in total. The molecule has 5 nitrogen and oxygen atoms in total. The van der Waals surface area contributed by atoms with E-state index in [2.05, 4.69) is 15.3 Å². The van der Waals surface area contributed by atoms with Crippen LogP contribution in [0, 0.1) is 0 Å². The van der Waals surface area contributed by atoms with Crippen LogP contribution in [0.25, 0.3) is 0 Å². The van der Waals surface area contributed by atoms with E-state index >= 15 is 0 Å². The number of hydrogen-bond donors (Lipinski definition) is 2. The molecule has 0 amide bonds. The summed E-state index contributed by atoms with van der Waals surface area (Å²) in [5, 5.41) is 3.81. The molecular weight excluding hydrogens is 324 g/mol. The summed E-state index contributed by atoms with van der Waals surface area (Å²) >= 11 is 6.05. The SMILES string of the molecule is CCOc1ccc(Cl)cc1CCNC(N)=NCCc1ccccn1. The van der Waals surface area contributed by atoms with Crippen molar-refractivity contribution in [3.63, 3.8) is 0 Å². The van der Waals surface area contributed by atoms with E-state index in [0.717, 1.165) is 29.8 Å². The Bertz CT molecular complexity index is 661. The second-order valence-electron chi connectivity index (χ2n) is 5.20. The smallest absolute Gasteiger partial charge is 0.188 e. The van der Waals surface area contributed by atoms with Gasteiger partial charge in [-0.1, -0.05) is 17.7 Å². The van der Waals surface area contributed by atoms with Gasteiger partial charge in [0.2, 0.25) is 0 Å². The summed E-state index contributed by atoms with van der Waals surface area (Å²) in [5.74, 6) is 1.29. The van der Waals surface area contributed by atoms with E-state index in [0.29, 0.717) is 30.7 Å². The molecule has 24 heavy (non-hydrogen) atoms. The average Bonchev–Trinajstić information content (AvgIpc) is 2.58. The van der Waals surface area contributed by atoms with E-state index in [-0.39, 0.29) is 0 Å². The molecule has 0 aliphatic heterocycles. The van der Waals surface area contributed by atoms with Gasteiger partial charge in [0.25, 0.3) is 0 Å². The van der Waals surface area contributed by atoms with Gasteiger partial charge < -0.3 is 15.8 Å². The minimum atomic E-state index is 0.436. The van der Waals surface area contributed by atoms with Crippen LogP contribution in [-0.4, -0.2) is 30.6 Å². The van der Waals surface area contributed by atoms with Gasteiger partial charge >= 0.3 is 0 Å². The standard InChI is InChI=1S/C18H23ClN4O/c1-2-24-17-7-6-15(19)13-14(17)8-11-22-18(20)23-12-9-16-5-3-4-10-21-16/h3-7,10,13H,2,8-9,11-12H2,1H3,(H3,20,22,23). The number of aliphatic imine (C=N–C) groups is 1. The summed E-state index contributed by atoms with van der Waals surface area (Å²) in [6.07, 6.45) is 3.31. The fourth-order valence-electron chi connectivity index (χ4n) is 2.26. The highest BCUT2D eigenvalue weighted by atomic mass is 35.5. The normalized spacial score (nSPS) is 11.3. The van der Waals surface area contributed by atoms with E-state index < -0.39 is 0 Å². The molecule has 6 heteroatoms. The molecule has 0 spiro atoms. The van der Waals surface area contributed by atoms with Crippen LogP contribution in [-0.2, 0) is 12.8 Å². The maximum Gasteiger partial charge on any atom is 0.188 e. The molecule has 0 atom stereocenters. The van der Waals surface area contributed by atoms with Crippen molar-refractivity contribution in [3.8, 4) is 5.75 Å². The van der Waals surface area contributed by atoms with Crippen molar-refractivity contribution >= 4 is 17.6 Å². The Kier molecular flexibility index (Phi) is 7.36. The summed E-state index contributed by atoms with van der Waals surface area (Å²) in [5.41, 5.74) is 7.95. The van der Waals surface area contributed by atoms with Gasteiger partial charge in [-0.05, 0) is 49.2 Å². The molecule has 0 bridgehead atoms. The number of halogens is 1. The topological polar surface area (TPSA) is 72.5 Å². The minimum absolute atomic E-state index is 0.436. The Morgan fingerprint density at radius 1 is 1.29 bits per heavy atom. The zero-order valence-electron chi connectivity index (χ0n) is 13.8. The minimum Gasteiger partial charge on any atom is -0.494 e. The van der Waals surface area contributed by atoms with Gasteiger partial charge in [0.1, 0.15) is 5.75 Å². The Morgan fingerprint density at radius 2 is 2.17 bits per heavy atom. The zero-order valence-corrected chi connectivity index (χ0v) is 14.6. The van der Waals surface area contributed by atoms with Crippen molar-refractivity contribution in [1.29, 1.82) is 0 Å². The number of nitrogens with one attached hydrogen (secondary N) is 1. The summed E-state index contributed by atoms with van der Waals surface area (Å²) in [6.45, 7) is 3.86. The molecule has 0 saturated carbocycles. The number of pyridine rings is 1. The molecule has 0 aliphatic rings. The lowest BCUT2D eigenvalue weighted by Crippen LogP contribution is -2.33. The van der Waals surface area contributed by atoms with Crippen molar-refractivity contribution in [2.45, 2.75) is 19.8 Å². The predicted octanol–water partition coefficient (Wildman–Crippen LogP) is 2.82. The van der Waals surface area contributed by atoms with Gasteiger partial charge in [-0.2, -0.15) is 0 Å². The Labute approximate surface area is 147 Å². The van der Waals surface area contributed by atoms with Gasteiger partial charge in [-0.15, -0.1) is 0 Å². The number of nitrogens with zero attached hydrogens (tertiary/aromatic N) is 2. The molecule has 128 valence electrons. The lowest BCUT2D eigenvalue weighted by molar-refractivity contribution is 0.336. The van der Waals surface area contributed by atoms with Crippen LogP contribution < -0.4 is 15.8 Å². The first-order chi connectivity index (χ1) is 11.7. The molecule has 0 radical (unpaired) electrons. The predicted molar refractivity (Wildman–Crippen MR) is 98.8 cm³/mol. The Balaban J connectivity index is 1.78. The second-order valence-corrected chi connectivity index (χ2v) is 5.64. The van der Waals surface area contributed by atoms with E-state index in [9.17, 15) is 0 Å². The molecule has 0 unspecified atom stereocenters. The highest BCUT2D eigenvalue weighted by Gasteiger charge is 2.04. The lowest BCUT2D eigenvalue weighted by atomic mass is 10.1. The maximum atomic E-state index is 6.05.